The average Bonchev–Trinajstić information content (AvgIpc) is 3.56. The number of carbonyl (C=O) groups is 2. The lowest BCUT2D eigenvalue weighted by Crippen LogP contribution is -2.63. The molecule has 2 heterocycles. The van der Waals surface area contributed by atoms with Crippen LogP contribution in [0.3, 0.4) is 0 Å². The number of aliphatic hydroxyl groups is 7. The highest BCUT2D eigenvalue weighted by atomic mass is 16.8. The zero-order chi connectivity index (χ0) is 45.4. The number of unbranched alkanes of at least 4 members (excludes halogenated alkanes) is 24. The molecule has 0 bridgehead atoms. The normalized spacial score (nSPS) is 26.8. The summed E-state index contributed by atoms with van der Waals surface area (Å²) >= 11 is 0. The first-order valence-electron chi connectivity index (χ1n) is 24.6. The number of rotatable bonds is 39. The molecule has 2 aliphatic rings. The quantitative estimate of drug-likeness (QED) is 0.0275. The second-order valence-electron chi connectivity index (χ2n) is 17.7. The fourth-order valence-electron chi connectivity index (χ4n) is 8.24. The van der Waals surface area contributed by atoms with E-state index in [9.17, 15) is 45.3 Å². The minimum Gasteiger partial charge on any atom is -0.460 e. The molecule has 366 valence electrons. The first-order valence-corrected chi connectivity index (χ1v) is 24.6. The highest BCUT2D eigenvalue weighted by molar-refractivity contribution is 5.70. The van der Waals surface area contributed by atoms with Crippen molar-refractivity contribution in [2.24, 2.45) is 0 Å². The van der Waals surface area contributed by atoms with Crippen molar-refractivity contribution in [2.45, 2.75) is 255 Å². The van der Waals surface area contributed by atoms with Crippen molar-refractivity contribution in [1.82, 2.24) is 0 Å². The topological polar surface area (TPSA) is 231 Å². The molecule has 10 atom stereocenters. The van der Waals surface area contributed by atoms with Gasteiger partial charge in [0, 0.05) is 12.8 Å². The fraction of sp³-hybridized carbons (Fsp3) is 0.957. The Morgan fingerprint density at radius 2 is 1.02 bits per heavy atom. The van der Waals surface area contributed by atoms with E-state index < -0.39 is 106 Å². The van der Waals surface area contributed by atoms with Gasteiger partial charge in [-0.1, -0.05) is 168 Å². The molecular formula is C47H88O15. The summed E-state index contributed by atoms with van der Waals surface area (Å²) in [4.78, 5) is 26.7. The van der Waals surface area contributed by atoms with Gasteiger partial charge in [-0.2, -0.15) is 0 Å². The average molecular weight is 893 g/mol. The van der Waals surface area contributed by atoms with Gasteiger partial charge >= 0.3 is 11.9 Å². The van der Waals surface area contributed by atoms with Crippen LogP contribution in [0.1, 0.15) is 194 Å². The standard InChI is InChI=1S/C47H88O15/c1-3-5-7-9-11-13-15-17-19-21-23-25-27-29-39(52)58-35-47(62-46-43(56)42(55)41(54)37(32-49)59-46)45(44(38(33-50)61-47)57-34-36(51)31-48)60-40(53)30-28-26-24-22-20-18-16-14-12-10-8-6-4-2/h36-38,41-46,48-51,54-56H,3-35H2,1-2H3/t36?,37-,38-,41-,42+,43-,44-,45+,46-,47+/m1/s1. The van der Waals surface area contributed by atoms with Crippen LogP contribution in [0, 0.1) is 0 Å². The van der Waals surface area contributed by atoms with Crippen LogP contribution in [0.2, 0.25) is 0 Å². The van der Waals surface area contributed by atoms with Crippen molar-refractivity contribution in [2.75, 3.05) is 33.0 Å². The molecule has 7 N–H and O–H groups in total. The van der Waals surface area contributed by atoms with Crippen molar-refractivity contribution in [3.8, 4) is 0 Å². The molecular weight excluding hydrogens is 805 g/mol. The molecule has 0 aliphatic carbocycles. The molecule has 0 aromatic rings. The number of ether oxygens (including phenoxy) is 6. The van der Waals surface area contributed by atoms with E-state index >= 15 is 0 Å². The van der Waals surface area contributed by atoms with E-state index in [1.165, 1.54) is 103 Å². The zero-order valence-electron chi connectivity index (χ0n) is 38.4. The monoisotopic (exact) mass is 893 g/mol. The van der Waals surface area contributed by atoms with E-state index in [2.05, 4.69) is 13.8 Å². The molecule has 2 saturated heterocycles. The summed E-state index contributed by atoms with van der Waals surface area (Å²) in [6, 6.07) is 0. The summed E-state index contributed by atoms with van der Waals surface area (Å²) in [5.74, 6) is -3.57. The van der Waals surface area contributed by atoms with Crippen LogP contribution in [0.15, 0.2) is 0 Å². The van der Waals surface area contributed by atoms with Gasteiger partial charge in [-0.05, 0) is 12.8 Å². The van der Waals surface area contributed by atoms with E-state index in [-0.39, 0.29) is 12.8 Å². The van der Waals surface area contributed by atoms with E-state index in [0.29, 0.717) is 12.8 Å². The molecule has 0 aromatic carbocycles. The molecule has 1 unspecified atom stereocenters. The molecule has 0 spiro atoms. The maximum Gasteiger partial charge on any atom is 0.306 e. The van der Waals surface area contributed by atoms with Crippen molar-refractivity contribution in [1.29, 1.82) is 0 Å². The number of carbonyl (C=O) groups excluding carboxylic acids is 2. The van der Waals surface area contributed by atoms with Crippen LogP contribution < -0.4 is 0 Å². The van der Waals surface area contributed by atoms with Gasteiger partial charge in [0.25, 0.3) is 0 Å². The SMILES string of the molecule is CCCCCCCCCCCCCCCC(=O)OC[C@@]1(O[C@H]2O[C@H](CO)[C@@H](O)[C@H](O)[C@H]2O)O[C@H](CO)[C@@H](OCC(O)CO)[C@@H]1OC(=O)CCCCCCCCCCCCCCC. The molecule has 0 saturated carbocycles. The number of esters is 2. The first-order chi connectivity index (χ1) is 30.1. The third-order valence-corrected chi connectivity index (χ3v) is 12.1. The predicted molar refractivity (Wildman–Crippen MR) is 234 cm³/mol. The molecule has 0 aromatic heterocycles. The Bertz CT molecular complexity index is 1110. The summed E-state index contributed by atoms with van der Waals surface area (Å²) in [6.07, 6.45) is 15.4. The van der Waals surface area contributed by atoms with Crippen LogP contribution in [-0.2, 0) is 38.0 Å². The van der Waals surface area contributed by atoms with E-state index in [0.717, 1.165) is 51.4 Å². The van der Waals surface area contributed by atoms with Gasteiger partial charge in [0.2, 0.25) is 5.79 Å². The first kappa shape index (κ1) is 56.6. The molecule has 2 aliphatic heterocycles. The van der Waals surface area contributed by atoms with Gasteiger partial charge in [-0.3, -0.25) is 9.59 Å². The van der Waals surface area contributed by atoms with Crippen LogP contribution in [0.25, 0.3) is 0 Å². The number of hydrogen-bond acceptors (Lipinski definition) is 15. The summed E-state index contributed by atoms with van der Waals surface area (Å²) < 4.78 is 35.5. The summed E-state index contributed by atoms with van der Waals surface area (Å²) in [5.41, 5.74) is 0. The maximum absolute atomic E-state index is 13.5. The van der Waals surface area contributed by atoms with E-state index in [4.69, 9.17) is 28.4 Å². The van der Waals surface area contributed by atoms with Crippen LogP contribution in [-0.4, -0.2) is 142 Å². The lowest BCUT2D eigenvalue weighted by atomic mass is 9.99. The van der Waals surface area contributed by atoms with Gasteiger partial charge in [-0.25, -0.2) is 0 Å². The van der Waals surface area contributed by atoms with Crippen LogP contribution >= 0.6 is 0 Å². The highest BCUT2D eigenvalue weighted by Crippen LogP contribution is 2.40. The summed E-state index contributed by atoms with van der Waals surface area (Å²) in [5, 5.41) is 71.9. The van der Waals surface area contributed by atoms with Crippen LogP contribution in [0.5, 0.6) is 0 Å². The molecule has 2 fully saturated rings. The van der Waals surface area contributed by atoms with Gasteiger partial charge in [0.1, 0.15) is 49.3 Å². The third-order valence-electron chi connectivity index (χ3n) is 12.1. The van der Waals surface area contributed by atoms with Crippen molar-refractivity contribution in [3.63, 3.8) is 0 Å². The van der Waals surface area contributed by atoms with Crippen molar-refractivity contribution < 1.29 is 73.8 Å². The molecule has 0 amide bonds. The fourth-order valence-corrected chi connectivity index (χ4v) is 8.24. The molecule has 2 rings (SSSR count). The Labute approximate surface area is 372 Å². The van der Waals surface area contributed by atoms with Gasteiger partial charge in [0.05, 0.1) is 26.4 Å². The van der Waals surface area contributed by atoms with Crippen LogP contribution in [0.4, 0.5) is 0 Å². The number of hydrogen-bond donors (Lipinski definition) is 7. The van der Waals surface area contributed by atoms with E-state index in [1.807, 2.05) is 0 Å². The lowest BCUT2D eigenvalue weighted by molar-refractivity contribution is -0.384. The minimum absolute atomic E-state index is 0.0129. The maximum atomic E-state index is 13.5. The molecule has 15 heteroatoms. The summed E-state index contributed by atoms with van der Waals surface area (Å²) in [6.45, 7) is 1.15. The van der Waals surface area contributed by atoms with Gasteiger partial charge < -0.3 is 64.2 Å². The van der Waals surface area contributed by atoms with Gasteiger partial charge in [-0.15, -0.1) is 0 Å². The molecule has 0 radical (unpaired) electrons. The Morgan fingerprint density at radius 3 is 1.45 bits per heavy atom. The smallest absolute Gasteiger partial charge is 0.306 e. The van der Waals surface area contributed by atoms with Crippen molar-refractivity contribution >= 4 is 11.9 Å². The molecule has 15 nitrogen and oxygen atoms in total. The lowest BCUT2D eigenvalue weighted by Gasteiger charge is -2.44. The van der Waals surface area contributed by atoms with E-state index in [1.54, 1.807) is 0 Å². The van der Waals surface area contributed by atoms with Crippen molar-refractivity contribution in [3.05, 3.63) is 0 Å². The second kappa shape index (κ2) is 34.8. The Hall–Kier alpha value is -1.50. The highest BCUT2D eigenvalue weighted by Gasteiger charge is 2.62. The number of aliphatic hydroxyl groups excluding tert-OH is 7. The Morgan fingerprint density at radius 1 is 0.581 bits per heavy atom. The Kier molecular flexibility index (Phi) is 31.8. The largest absolute Gasteiger partial charge is 0.460 e. The minimum atomic E-state index is -2.30. The molecule has 62 heavy (non-hydrogen) atoms. The second-order valence-corrected chi connectivity index (χ2v) is 17.7. The third kappa shape index (κ3) is 22.1. The zero-order valence-corrected chi connectivity index (χ0v) is 38.4. The predicted octanol–water partition coefficient (Wildman–Crippen LogP) is 6.05. The summed E-state index contributed by atoms with van der Waals surface area (Å²) in [7, 11) is 0. The van der Waals surface area contributed by atoms with Gasteiger partial charge in [0.15, 0.2) is 12.4 Å². The Balaban J connectivity index is 2.08.